The second-order valence-corrected chi connectivity index (χ2v) is 9.20. The number of nitrogens with zero attached hydrogens (tertiary/aromatic N) is 2. The molecular formula is C19H15N3O8S2. The Hall–Kier alpha value is -3.86. The summed E-state index contributed by atoms with van der Waals surface area (Å²) in [6.07, 6.45) is 1.08. The summed E-state index contributed by atoms with van der Waals surface area (Å²) < 4.78 is 69.0. The molecule has 2 aromatic carbocycles. The zero-order valence-corrected chi connectivity index (χ0v) is 17.9. The maximum absolute atomic E-state index is 12.7. The van der Waals surface area contributed by atoms with Crippen LogP contribution in [-0.2, 0) is 25.0 Å². The van der Waals surface area contributed by atoms with Crippen molar-refractivity contribution in [1.82, 2.24) is 4.57 Å². The summed E-state index contributed by atoms with van der Waals surface area (Å²) in [5, 5.41) is 9.29. The number of carbonyl (C=O) groups excluding carboxylic acids is 1. The molecule has 0 aliphatic rings. The third-order valence-corrected chi connectivity index (χ3v) is 6.36. The normalized spacial score (nSPS) is 11.5. The first-order chi connectivity index (χ1) is 15.0. The first kappa shape index (κ1) is 22.8. The molecule has 11 nitrogen and oxygen atoms in total. The van der Waals surface area contributed by atoms with E-state index in [0.717, 1.165) is 36.1 Å². The van der Waals surface area contributed by atoms with Gasteiger partial charge in [-0.05, 0) is 30.3 Å². The molecule has 0 aliphatic heterocycles. The van der Waals surface area contributed by atoms with Crippen LogP contribution in [0.25, 0.3) is 5.69 Å². The Kier molecular flexibility index (Phi) is 5.95. The zero-order valence-electron chi connectivity index (χ0n) is 16.3. The SMILES string of the molecule is COC(=O)c1c(N)c(C#N)cn1-c1cc(S(=O)(=O)O)ccc1OS(=O)(=O)c1ccccc1. The number of nitrogens with two attached hydrogens (primary N) is 1. The number of benzene rings is 2. The Balaban J connectivity index is 2.30. The number of esters is 1. The molecule has 1 heterocycles. The molecule has 166 valence electrons. The number of nitriles is 1. The van der Waals surface area contributed by atoms with Crippen LogP contribution in [0.1, 0.15) is 16.1 Å². The predicted molar refractivity (Wildman–Crippen MR) is 110 cm³/mol. The largest absolute Gasteiger partial charge is 0.464 e. The second-order valence-electron chi connectivity index (χ2n) is 6.23. The van der Waals surface area contributed by atoms with E-state index in [1.165, 1.54) is 24.3 Å². The lowest BCUT2D eigenvalue weighted by Crippen LogP contribution is -2.15. The van der Waals surface area contributed by atoms with Crippen molar-refractivity contribution in [3.8, 4) is 17.5 Å². The first-order valence-electron chi connectivity index (χ1n) is 8.60. The maximum atomic E-state index is 12.7. The van der Waals surface area contributed by atoms with Gasteiger partial charge < -0.3 is 19.2 Å². The summed E-state index contributed by atoms with van der Waals surface area (Å²) in [7, 11) is -8.05. The number of methoxy groups -OCH3 is 1. The van der Waals surface area contributed by atoms with Gasteiger partial charge in [-0.3, -0.25) is 4.55 Å². The minimum Gasteiger partial charge on any atom is -0.464 e. The van der Waals surface area contributed by atoms with Crippen LogP contribution in [0.4, 0.5) is 5.69 Å². The maximum Gasteiger partial charge on any atom is 0.357 e. The highest BCUT2D eigenvalue weighted by molar-refractivity contribution is 7.87. The van der Waals surface area contributed by atoms with Crippen molar-refractivity contribution in [1.29, 1.82) is 5.26 Å². The number of hydrogen-bond donors (Lipinski definition) is 2. The van der Waals surface area contributed by atoms with Crippen LogP contribution in [-0.4, -0.2) is 39.0 Å². The molecule has 0 amide bonds. The van der Waals surface area contributed by atoms with Gasteiger partial charge in [-0.15, -0.1) is 0 Å². The minimum atomic E-state index is -4.72. The number of hydrogen-bond acceptors (Lipinski definition) is 9. The van der Waals surface area contributed by atoms with Gasteiger partial charge in [-0.2, -0.15) is 22.1 Å². The lowest BCUT2D eigenvalue weighted by Gasteiger charge is -2.15. The minimum absolute atomic E-state index is 0.167. The van der Waals surface area contributed by atoms with E-state index >= 15 is 0 Å². The molecule has 0 aliphatic carbocycles. The molecular weight excluding hydrogens is 462 g/mol. The Bertz CT molecular complexity index is 1450. The van der Waals surface area contributed by atoms with E-state index in [0.29, 0.717) is 0 Å². The van der Waals surface area contributed by atoms with Crippen molar-refractivity contribution in [2.45, 2.75) is 9.79 Å². The lowest BCUT2D eigenvalue weighted by molar-refractivity contribution is 0.0593. The smallest absolute Gasteiger partial charge is 0.357 e. The Labute approximate surface area is 183 Å². The number of aromatic nitrogens is 1. The van der Waals surface area contributed by atoms with E-state index in [9.17, 15) is 31.4 Å². The standard InChI is InChI=1S/C19H15N3O8S2/c1-29-19(23)18-17(21)12(10-20)11-22(18)15-9-14(31(24,25)26)7-8-16(15)30-32(27,28)13-5-3-2-4-6-13/h2-9,11H,21H2,1H3,(H,24,25,26). The third-order valence-electron chi connectivity index (χ3n) is 4.26. The van der Waals surface area contributed by atoms with Gasteiger partial charge >= 0.3 is 16.1 Å². The fourth-order valence-corrected chi connectivity index (χ4v) is 4.24. The molecule has 0 bridgehead atoms. The molecule has 0 fully saturated rings. The highest BCUT2D eigenvalue weighted by Crippen LogP contribution is 2.33. The van der Waals surface area contributed by atoms with Gasteiger partial charge in [-0.25, -0.2) is 4.79 Å². The van der Waals surface area contributed by atoms with Crippen LogP contribution < -0.4 is 9.92 Å². The Morgan fingerprint density at radius 1 is 1.09 bits per heavy atom. The molecule has 0 spiro atoms. The van der Waals surface area contributed by atoms with Crippen molar-refractivity contribution in [2.75, 3.05) is 12.8 Å². The Morgan fingerprint density at radius 3 is 2.31 bits per heavy atom. The Morgan fingerprint density at radius 2 is 1.75 bits per heavy atom. The van der Waals surface area contributed by atoms with E-state index in [2.05, 4.69) is 4.74 Å². The van der Waals surface area contributed by atoms with Crippen molar-refractivity contribution >= 4 is 31.9 Å². The van der Waals surface area contributed by atoms with Crippen molar-refractivity contribution in [3.05, 3.63) is 66.0 Å². The monoisotopic (exact) mass is 477 g/mol. The number of rotatable bonds is 6. The van der Waals surface area contributed by atoms with E-state index in [-0.39, 0.29) is 27.5 Å². The molecule has 1 aromatic heterocycles. The van der Waals surface area contributed by atoms with Gasteiger partial charge in [0, 0.05) is 6.20 Å². The summed E-state index contributed by atoms with van der Waals surface area (Å²) in [4.78, 5) is 11.5. The molecule has 13 heteroatoms. The average molecular weight is 477 g/mol. The van der Waals surface area contributed by atoms with Gasteiger partial charge in [0.1, 0.15) is 11.0 Å². The number of carbonyl (C=O) groups is 1. The van der Waals surface area contributed by atoms with Gasteiger partial charge in [0.15, 0.2) is 11.4 Å². The van der Waals surface area contributed by atoms with Crippen LogP contribution in [0.5, 0.6) is 5.75 Å². The van der Waals surface area contributed by atoms with Gasteiger partial charge in [-0.1, -0.05) is 18.2 Å². The summed E-state index contributed by atoms with van der Waals surface area (Å²) in [5.41, 5.74) is 4.71. The topological polar surface area (TPSA) is 179 Å². The number of ether oxygens (including phenoxy) is 1. The van der Waals surface area contributed by atoms with Crippen molar-refractivity contribution in [2.24, 2.45) is 0 Å². The molecule has 3 N–H and O–H groups in total. The predicted octanol–water partition coefficient (Wildman–Crippen LogP) is 1.73. The van der Waals surface area contributed by atoms with E-state index in [1.807, 2.05) is 0 Å². The molecule has 0 atom stereocenters. The van der Waals surface area contributed by atoms with Gasteiger partial charge in [0.2, 0.25) is 0 Å². The van der Waals surface area contributed by atoms with Crippen molar-refractivity contribution in [3.63, 3.8) is 0 Å². The van der Waals surface area contributed by atoms with Crippen LogP contribution in [0.2, 0.25) is 0 Å². The van der Waals surface area contributed by atoms with Crippen LogP contribution in [0, 0.1) is 11.3 Å². The molecule has 0 unspecified atom stereocenters. The van der Waals surface area contributed by atoms with Crippen molar-refractivity contribution < 1.29 is 35.1 Å². The molecule has 3 aromatic rings. The fourth-order valence-electron chi connectivity index (χ4n) is 2.77. The summed E-state index contributed by atoms with van der Waals surface area (Å²) in [5.74, 6) is -1.40. The summed E-state index contributed by atoms with van der Waals surface area (Å²) in [6.45, 7) is 0. The van der Waals surface area contributed by atoms with Gasteiger partial charge in [0.25, 0.3) is 10.1 Å². The van der Waals surface area contributed by atoms with Gasteiger partial charge in [0.05, 0.1) is 28.9 Å². The van der Waals surface area contributed by atoms with E-state index in [4.69, 9.17) is 9.92 Å². The van der Waals surface area contributed by atoms with Crippen LogP contribution in [0.15, 0.2) is 64.5 Å². The van der Waals surface area contributed by atoms with E-state index < -0.39 is 36.9 Å². The van der Waals surface area contributed by atoms with E-state index in [1.54, 1.807) is 12.1 Å². The summed E-state index contributed by atoms with van der Waals surface area (Å²) >= 11 is 0. The summed E-state index contributed by atoms with van der Waals surface area (Å²) in [6, 6.07) is 11.6. The third kappa shape index (κ3) is 4.28. The highest BCUT2D eigenvalue weighted by Gasteiger charge is 2.27. The number of nitrogen functional groups attached to an aromatic ring is 1. The molecule has 0 radical (unpaired) electrons. The quantitative estimate of drug-likeness (QED) is 0.302. The molecule has 0 saturated carbocycles. The highest BCUT2D eigenvalue weighted by atomic mass is 32.2. The molecule has 0 saturated heterocycles. The second kappa shape index (κ2) is 8.35. The lowest BCUT2D eigenvalue weighted by atomic mass is 10.2. The molecule has 3 rings (SSSR count). The zero-order chi connectivity index (χ0) is 23.7. The van der Waals surface area contributed by atoms with Crippen LogP contribution in [0.3, 0.4) is 0 Å². The fraction of sp³-hybridized carbons (Fsp3) is 0.0526. The number of anilines is 1. The average Bonchev–Trinajstić information content (AvgIpc) is 3.09. The van der Waals surface area contributed by atoms with Crippen LogP contribution >= 0.6 is 0 Å². The first-order valence-corrected chi connectivity index (χ1v) is 11.4. The molecule has 32 heavy (non-hydrogen) atoms.